The molecule has 1 saturated heterocycles. The van der Waals surface area contributed by atoms with Crippen LogP contribution >= 0.6 is 12.4 Å². The van der Waals surface area contributed by atoms with Gasteiger partial charge < -0.3 is 15.3 Å². The van der Waals surface area contributed by atoms with Gasteiger partial charge in [-0.2, -0.15) is 0 Å². The van der Waals surface area contributed by atoms with E-state index in [0.717, 1.165) is 45.6 Å². The fraction of sp³-hybridized carbons (Fsp3) is 0.632. The van der Waals surface area contributed by atoms with E-state index >= 15 is 0 Å². The van der Waals surface area contributed by atoms with Crippen LogP contribution in [0.25, 0.3) is 0 Å². The fourth-order valence-corrected chi connectivity index (χ4v) is 3.27. The molecular weight excluding hydrogens is 338 g/mol. The quantitative estimate of drug-likeness (QED) is 0.726. The van der Waals surface area contributed by atoms with Crippen LogP contribution in [0.5, 0.6) is 0 Å². The summed E-state index contributed by atoms with van der Waals surface area (Å²) in [6.45, 7) is 4.71. The van der Waals surface area contributed by atoms with Gasteiger partial charge >= 0.3 is 6.03 Å². The van der Waals surface area contributed by atoms with Crippen molar-refractivity contribution in [3.63, 3.8) is 0 Å². The summed E-state index contributed by atoms with van der Waals surface area (Å²) in [7, 11) is 0. The maximum absolute atomic E-state index is 12.2. The van der Waals surface area contributed by atoms with Crippen LogP contribution in [0.4, 0.5) is 4.79 Å². The Balaban J connectivity index is 0.00000225. The second-order valence-electron chi connectivity index (χ2n) is 7.01. The lowest BCUT2D eigenvalue weighted by Gasteiger charge is -2.35. The number of aliphatic hydroxyl groups is 1. The average molecular weight is 368 g/mol. The summed E-state index contributed by atoms with van der Waals surface area (Å²) in [6, 6.07) is 10.4. The lowest BCUT2D eigenvalue weighted by atomic mass is 10.1. The molecule has 1 aliphatic carbocycles. The van der Waals surface area contributed by atoms with E-state index < -0.39 is 0 Å². The second-order valence-corrected chi connectivity index (χ2v) is 7.01. The first-order chi connectivity index (χ1) is 11.7. The van der Waals surface area contributed by atoms with Crippen LogP contribution < -0.4 is 5.32 Å². The van der Waals surface area contributed by atoms with Gasteiger partial charge in [0, 0.05) is 39.3 Å². The molecule has 0 aromatic heterocycles. The van der Waals surface area contributed by atoms with Crippen molar-refractivity contribution in [1.82, 2.24) is 15.1 Å². The van der Waals surface area contributed by atoms with Crippen molar-refractivity contribution in [3.8, 4) is 0 Å². The number of carbonyl (C=O) groups is 1. The number of amides is 2. The van der Waals surface area contributed by atoms with E-state index in [-0.39, 0.29) is 24.5 Å². The number of urea groups is 1. The topological polar surface area (TPSA) is 55.8 Å². The average Bonchev–Trinajstić information content (AvgIpc) is 3.45. The molecule has 2 fully saturated rings. The molecule has 6 heteroatoms. The van der Waals surface area contributed by atoms with Crippen molar-refractivity contribution in [3.05, 3.63) is 35.9 Å². The number of hydrogen-bond acceptors (Lipinski definition) is 3. The summed E-state index contributed by atoms with van der Waals surface area (Å²) in [5, 5.41) is 13.0. The molecule has 1 aliphatic heterocycles. The SMILES string of the molecule is Cl.O=C(NCCCc1ccccc1)N1CCN(CC(O)C2CC2)CC1. The number of nitrogens with zero attached hydrogens (tertiary/aromatic N) is 2. The molecule has 1 saturated carbocycles. The molecule has 1 aromatic carbocycles. The third-order valence-electron chi connectivity index (χ3n) is 5.03. The molecule has 3 rings (SSSR count). The Morgan fingerprint density at radius 3 is 2.48 bits per heavy atom. The minimum Gasteiger partial charge on any atom is -0.392 e. The van der Waals surface area contributed by atoms with E-state index in [0.29, 0.717) is 12.5 Å². The molecule has 1 aromatic rings. The Bertz CT molecular complexity index is 517. The minimum atomic E-state index is -0.177. The van der Waals surface area contributed by atoms with Gasteiger partial charge in [0.1, 0.15) is 0 Å². The van der Waals surface area contributed by atoms with Crippen molar-refractivity contribution in [2.24, 2.45) is 5.92 Å². The number of β-amino-alcohol motifs (C(OH)–C–C–N with tert-alkyl or cyclic N) is 1. The van der Waals surface area contributed by atoms with Crippen molar-refractivity contribution in [1.29, 1.82) is 0 Å². The van der Waals surface area contributed by atoms with Crippen LogP contribution in [-0.4, -0.2) is 66.3 Å². The summed E-state index contributed by atoms with van der Waals surface area (Å²) < 4.78 is 0. The van der Waals surface area contributed by atoms with Crippen molar-refractivity contribution < 1.29 is 9.90 Å². The molecule has 0 radical (unpaired) electrons. The second kappa shape index (κ2) is 10.00. The van der Waals surface area contributed by atoms with E-state index in [1.807, 2.05) is 23.1 Å². The summed E-state index contributed by atoms with van der Waals surface area (Å²) in [4.78, 5) is 16.4. The predicted molar refractivity (Wildman–Crippen MR) is 102 cm³/mol. The third kappa shape index (κ3) is 6.49. The van der Waals surface area contributed by atoms with E-state index in [4.69, 9.17) is 0 Å². The fourth-order valence-electron chi connectivity index (χ4n) is 3.27. The van der Waals surface area contributed by atoms with E-state index in [1.165, 1.54) is 18.4 Å². The van der Waals surface area contributed by atoms with Crippen LogP contribution in [0, 0.1) is 5.92 Å². The minimum absolute atomic E-state index is 0. The molecule has 1 atom stereocenters. The van der Waals surface area contributed by atoms with Crippen LogP contribution in [0.15, 0.2) is 30.3 Å². The zero-order valence-corrected chi connectivity index (χ0v) is 15.6. The monoisotopic (exact) mass is 367 g/mol. The van der Waals surface area contributed by atoms with Crippen LogP contribution in [-0.2, 0) is 6.42 Å². The van der Waals surface area contributed by atoms with Crippen molar-refractivity contribution in [2.45, 2.75) is 31.8 Å². The van der Waals surface area contributed by atoms with Gasteiger partial charge in [-0.3, -0.25) is 4.90 Å². The molecule has 1 unspecified atom stereocenters. The van der Waals surface area contributed by atoms with Gasteiger partial charge in [0.05, 0.1) is 6.10 Å². The highest BCUT2D eigenvalue weighted by Crippen LogP contribution is 2.32. The predicted octanol–water partition coefficient (Wildman–Crippen LogP) is 2.14. The molecular formula is C19H30ClN3O2. The summed E-state index contributed by atoms with van der Waals surface area (Å²) >= 11 is 0. The maximum atomic E-state index is 12.2. The zero-order valence-electron chi connectivity index (χ0n) is 14.8. The first-order valence-electron chi connectivity index (χ1n) is 9.19. The highest BCUT2D eigenvalue weighted by Gasteiger charge is 2.31. The Kier molecular flexibility index (Phi) is 8.00. The first kappa shape index (κ1) is 20.0. The molecule has 25 heavy (non-hydrogen) atoms. The van der Waals surface area contributed by atoms with Gasteiger partial charge in [-0.15, -0.1) is 12.4 Å². The first-order valence-corrected chi connectivity index (χ1v) is 9.19. The summed E-state index contributed by atoms with van der Waals surface area (Å²) in [5.41, 5.74) is 1.31. The number of aliphatic hydroxyl groups excluding tert-OH is 1. The number of rotatable bonds is 7. The van der Waals surface area contributed by atoms with Gasteiger partial charge in [0.15, 0.2) is 0 Å². The molecule has 2 N–H and O–H groups in total. The molecule has 0 spiro atoms. The Morgan fingerprint density at radius 2 is 1.84 bits per heavy atom. The van der Waals surface area contributed by atoms with Gasteiger partial charge in [-0.1, -0.05) is 30.3 Å². The van der Waals surface area contributed by atoms with Gasteiger partial charge in [0.2, 0.25) is 0 Å². The number of aryl methyl sites for hydroxylation is 1. The van der Waals surface area contributed by atoms with E-state index in [9.17, 15) is 9.90 Å². The maximum Gasteiger partial charge on any atom is 0.317 e. The number of piperazine rings is 1. The standard InChI is InChI=1S/C19H29N3O2.ClH/c23-18(17-8-9-17)15-21-11-13-22(14-12-21)19(24)20-10-4-7-16-5-2-1-3-6-16;/h1-3,5-6,17-18,23H,4,7-15H2,(H,20,24);1H. The molecule has 0 bridgehead atoms. The smallest absolute Gasteiger partial charge is 0.317 e. The number of nitrogens with one attached hydrogen (secondary N) is 1. The highest BCUT2D eigenvalue weighted by molar-refractivity contribution is 5.85. The number of hydrogen-bond donors (Lipinski definition) is 2. The molecule has 2 aliphatic rings. The van der Waals surface area contributed by atoms with E-state index in [1.54, 1.807) is 0 Å². The van der Waals surface area contributed by atoms with Gasteiger partial charge in [0.25, 0.3) is 0 Å². The molecule has 5 nitrogen and oxygen atoms in total. The number of halogens is 1. The van der Waals surface area contributed by atoms with Gasteiger partial charge in [-0.05, 0) is 37.2 Å². The summed E-state index contributed by atoms with van der Waals surface area (Å²) in [6.07, 6.45) is 4.12. The van der Waals surface area contributed by atoms with Crippen molar-refractivity contribution in [2.75, 3.05) is 39.3 Å². The Morgan fingerprint density at radius 1 is 1.16 bits per heavy atom. The summed E-state index contributed by atoms with van der Waals surface area (Å²) in [5.74, 6) is 0.524. The zero-order chi connectivity index (χ0) is 16.8. The number of benzene rings is 1. The number of carbonyl (C=O) groups excluding carboxylic acids is 1. The van der Waals surface area contributed by atoms with Crippen LogP contribution in [0.1, 0.15) is 24.8 Å². The van der Waals surface area contributed by atoms with Crippen LogP contribution in [0.3, 0.4) is 0 Å². The molecule has 2 amide bonds. The lowest BCUT2D eigenvalue weighted by Crippen LogP contribution is -2.53. The van der Waals surface area contributed by atoms with Gasteiger partial charge in [-0.25, -0.2) is 4.79 Å². The highest BCUT2D eigenvalue weighted by atomic mass is 35.5. The lowest BCUT2D eigenvalue weighted by molar-refractivity contribution is 0.0696. The Labute approximate surface area is 156 Å². The van der Waals surface area contributed by atoms with Crippen LogP contribution in [0.2, 0.25) is 0 Å². The normalized spacial score (nSPS) is 19.2. The molecule has 1 heterocycles. The third-order valence-corrected chi connectivity index (χ3v) is 5.03. The molecule has 140 valence electrons. The Hall–Kier alpha value is -1.30. The largest absolute Gasteiger partial charge is 0.392 e. The van der Waals surface area contributed by atoms with E-state index in [2.05, 4.69) is 22.3 Å². The van der Waals surface area contributed by atoms with Crippen molar-refractivity contribution >= 4 is 18.4 Å².